The summed E-state index contributed by atoms with van der Waals surface area (Å²) in [7, 11) is 3.45. The number of hydrogen-bond acceptors (Lipinski definition) is 2. The molecule has 0 fully saturated rings. The highest BCUT2D eigenvalue weighted by Crippen LogP contribution is 2.22. The molecule has 5 nitrogen and oxygen atoms in total. The first-order valence-electron chi connectivity index (χ1n) is 10.2. The Morgan fingerprint density at radius 2 is 1.52 bits per heavy atom. The lowest BCUT2D eigenvalue weighted by molar-refractivity contribution is 0.0827. The maximum absolute atomic E-state index is 13.0. The predicted octanol–water partition coefficient (Wildman–Crippen LogP) is 4.32. The minimum absolute atomic E-state index is 0.0400. The van der Waals surface area contributed by atoms with Gasteiger partial charge in [0, 0.05) is 49.8 Å². The Morgan fingerprint density at radius 3 is 2.23 bits per heavy atom. The van der Waals surface area contributed by atoms with E-state index in [9.17, 15) is 9.59 Å². The molecule has 0 spiro atoms. The lowest BCUT2D eigenvalue weighted by atomic mass is 10.1. The van der Waals surface area contributed by atoms with Crippen molar-refractivity contribution in [2.24, 2.45) is 0 Å². The average Bonchev–Trinajstić information content (AvgIpc) is 3.16. The number of para-hydroxylation sites is 1. The summed E-state index contributed by atoms with van der Waals surface area (Å²) in [5.41, 5.74) is 4.44. The Bertz CT molecular complexity index is 1210. The molecule has 4 rings (SSSR count). The van der Waals surface area contributed by atoms with Gasteiger partial charge < -0.3 is 14.8 Å². The molecule has 1 N–H and O–H groups in total. The molecule has 3 aromatic carbocycles. The van der Waals surface area contributed by atoms with Crippen LogP contribution in [0.4, 0.5) is 0 Å². The van der Waals surface area contributed by atoms with Crippen LogP contribution in [0, 0.1) is 0 Å². The van der Waals surface area contributed by atoms with Crippen molar-refractivity contribution in [1.82, 2.24) is 14.8 Å². The van der Waals surface area contributed by atoms with Gasteiger partial charge in [-0.1, -0.05) is 60.7 Å². The summed E-state index contributed by atoms with van der Waals surface area (Å²) >= 11 is 0. The van der Waals surface area contributed by atoms with Crippen LogP contribution in [-0.4, -0.2) is 35.4 Å². The van der Waals surface area contributed by atoms with Crippen molar-refractivity contribution in [3.8, 4) is 0 Å². The number of fused-ring (bicyclic) bond motifs is 1. The van der Waals surface area contributed by atoms with Crippen LogP contribution < -0.4 is 5.32 Å². The Balaban J connectivity index is 1.51. The number of nitrogens with one attached hydrogen (secondary N) is 1. The van der Waals surface area contributed by atoms with Gasteiger partial charge in [-0.3, -0.25) is 9.59 Å². The fraction of sp³-hybridized carbons (Fsp3) is 0.154. The van der Waals surface area contributed by atoms with Gasteiger partial charge in [-0.05, 0) is 29.3 Å². The molecule has 0 aliphatic heterocycles. The molecule has 31 heavy (non-hydrogen) atoms. The van der Waals surface area contributed by atoms with E-state index < -0.39 is 0 Å². The van der Waals surface area contributed by atoms with E-state index in [4.69, 9.17) is 0 Å². The first-order valence-corrected chi connectivity index (χ1v) is 10.2. The van der Waals surface area contributed by atoms with E-state index in [0.29, 0.717) is 24.2 Å². The van der Waals surface area contributed by atoms with Crippen molar-refractivity contribution in [1.29, 1.82) is 0 Å². The summed E-state index contributed by atoms with van der Waals surface area (Å²) in [4.78, 5) is 26.5. The third-order valence-electron chi connectivity index (χ3n) is 5.29. The van der Waals surface area contributed by atoms with Crippen molar-refractivity contribution >= 4 is 22.7 Å². The molecule has 156 valence electrons. The number of nitrogens with zero attached hydrogens (tertiary/aromatic N) is 2. The normalized spacial score (nSPS) is 10.8. The van der Waals surface area contributed by atoms with Crippen LogP contribution in [0.1, 0.15) is 31.8 Å². The third-order valence-corrected chi connectivity index (χ3v) is 5.29. The number of amides is 2. The van der Waals surface area contributed by atoms with E-state index in [1.165, 1.54) is 5.56 Å². The van der Waals surface area contributed by atoms with E-state index in [-0.39, 0.29) is 11.8 Å². The summed E-state index contributed by atoms with van der Waals surface area (Å²) in [5, 5.41) is 3.94. The van der Waals surface area contributed by atoms with Gasteiger partial charge in [0.1, 0.15) is 0 Å². The Labute approximate surface area is 181 Å². The van der Waals surface area contributed by atoms with Gasteiger partial charge in [-0.2, -0.15) is 0 Å². The minimum Gasteiger partial charge on any atom is -0.348 e. The summed E-state index contributed by atoms with van der Waals surface area (Å²) in [6.45, 7) is 1.10. The monoisotopic (exact) mass is 411 g/mol. The molecule has 2 amide bonds. The van der Waals surface area contributed by atoms with Gasteiger partial charge in [-0.25, -0.2) is 0 Å². The zero-order valence-corrected chi connectivity index (χ0v) is 17.7. The largest absolute Gasteiger partial charge is 0.348 e. The third kappa shape index (κ3) is 4.51. The highest BCUT2D eigenvalue weighted by molar-refractivity contribution is 6.07. The minimum atomic E-state index is -0.114. The van der Waals surface area contributed by atoms with Crippen molar-refractivity contribution < 1.29 is 9.59 Å². The van der Waals surface area contributed by atoms with E-state index in [1.54, 1.807) is 31.1 Å². The van der Waals surface area contributed by atoms with Gasteiger partial charge in [0.25, 0.3) is 11.8 Å². The second-order valence-electron chi connectivity index (χ2n) is 7.75. The molecule has 5 heteroatoms. The van der Waals surface area contributed by atoms with Gasteiger partial charge in [0.05, 0.1) is 5.56 Å². The van der Waals surface area contributed by atoms with E-state index in [0.717, 1.165) is 16.5 Å². The molecule has 0 aliphatic rings. The van der Waals surface area contributed by atoms with Crippen LogP contribution >= 0.6 is 0 Å². The molecule has 1 aromatic heterocycles. The van der Waals surface area contributed by atoms with Gasteiger partial charge in [0.2, 0.25) is 0 Å². The second kappa shape index (κ2) is 8.88. The lowest BCUT2D eigenvalue weighted by Gasteiger charge is -2.10. The Hall–Kier alpha value is -3.86. The maximum atomic E-state index is 13.0. The number of hydrogen-bond donors (Lipinski definition) is 1. The molecule has 0 saturated heterocycles. The Kier molecular flexibility index (Phi) is 5.85. The topological polar surface area (TPSA) is 54.3 Å². The summed E-state index contributed by atoms with van der Waals surface area (Å²) in [5.74, 6) is -0.154. The van der Waals surface area contributed by atoms with Crippen LogP contribution in [0.3, 0.4) is 0 Å². The summed E-state index contributed by atoms with van der Waals surface area (Å²) in [6.07, 6.45) is 1.92. The molecule has 1 heterocycles. The van der Waals surface area contributed by atoms with E-state index in [1.807, 2.05) is 60.8 Å². The zero-order valence-electron chi connectivity index (χ0n) is 17.7. The fourth-order valence-corrected chi connectivity index (χ4v) is 3.64. The van der Waals surface area contributed by atoms with Crippen LogP contribution in [0.15, 0.2) is 85.1 Å². The van der Waals surface area contributed by atoms with Crippen LogP contribution in [0.25, 0.3) is 10.9 Å². The van der Waals surface area contributed by atoms with Crippen LogP contribution in [0.5, 0.6) is 0 Å². The average molecular weight is 412 g/mol. The highest BCUT2D eigenvalue weighted by Gasteiger charge is 2.15. The summed E-state index contributed by atoms with van der Waals surface area (Å²) in [6, 6.07) is 25.5. The maximum Gasteiger partial charge on any atom is 0.253 e. The van der Waals surface area contributed by atoms with Crippen LogP contribution in [-0.2, 0) is 13.1 Å². The Morgan fingerprint density at radius 1 is 0.839 bits per heavy atom. The van der Waals surface area contributed by atoms with Crippen molar-refractivity contribution in [3.05, 3.63) is 107 Å². The molecule has 0 atom stereocenters. The summed E-state index contributed by atoms with van der Waals surface area (Å²) < 4.78 is 2.11. The SMILES string of the molecule is CN(C)C(=O)c1ccc(CNC(=O)c2cn(Cc3ccccc3)c3ccccc23)cc1. The van der Waals surface area contributed by atoms with Crippen LogP contribution in [0.2, 0.25) is 0 Å². The lowest BCUT2D eigenvalue weighted by Crippen LogP contribution is -2.23. The van der Waals surface area contributed by atoms with E-state index in [2.05, 4.69) is 22.0 Å². The number of aromatic nitrogens is 1. The van der Waals surface area contributed by atoms with Gasteiger partial charge in [-0.15, -0.1) is 0 Å². The molecular formula is C26H25N3O2. The van der Waals surface area contributed by atoms with Crippen molar-refractivity contribution in [3.63, 3.8) is 0 Å². The number of carbonyl (C=O) groups excluding carboxylic acids is 2. The fourth-order valence-electron chi connectivity index (χ4n) is 3.64. The van der Waals surface area contributed by atoms with E-state index >= 15 is 0 Å². The second-order valence-corrected chi connectivity index (χ2v) is 7.75. The first-order chi connectivity index (χ1) is 15.0. The number of rotatable bonds is 6. The smallest absolute Gasteiger partial charge is 0.253 e. The van der Waals surface area contributed by atoms with Gasteiger partial charge in [0.15, 0.2) is 0 Å². The first kappa shape index (κ1) is 20.4. The van der Waals surface area contributed by atoms with Gasteiger partial charge >= 0.3 is 0 Å². The van der Waals surface area contributed by atoms with Crippen molar-refractivity contribution in [2.75, 3.05) is 14.1 Å². The quantitative estimate of drug-likeness (QED) is 0.514. The molecule has 0 radical (unpaired) electrons. The highest BCUT2D eigenvalue weighted by atomic mass is 16.2. The molecule has 4 aromatic rings. The molecular weight excluding hydrogens is 386 g/mol. The molecule has 0 bridgehead atoms. The number of carbonyl (C=O) groups is 2. The zero-order chi connectivity index (χ0) is 21.8. The standard InChI is InChI=1S/C26H25N3O2/c1-28(2)26(31)21-14-12-19(13-15-21)16-27-25(30)23-18-29(17-20-8-4-3-5-9-20)24-11-7-6-10-22(23)24/h3-15,18H,16-17H2,1-2H3,(H,27,30). The number of benzene rings is 3. The van der Waals surface area contributed by atoms with Crippen molar-refractivity contribution in [2.45, 2.75) is 13.1 Å². The predicted molar refractivity (Wildman–Crippen MR) is 123 cm³/mol. The molecule has 0 saturated carbocycles. The molecule has 0 aliphatic carbocycles. The molecule has 0 unspecified atom stereocenters.